The van der Waals surface area contributed by atoms with Crippen LogP contribution in [0.15, 0.2) is 162 Å². The number of hydrogen-bond acceptors (Lipinski definition) is 5. The van der Waals surface area contributed by atoms with Gasteiger partial charge in [0.2, 0.25) is 0 Å². The monoisotopic (exact) mass is 670 g/mol. The molecule has 0 aliphatic rings. The number of benzene rings is 7. The van der Waals surface area contributed by atoms with Gasteiger partial charge in [-0.15, -0.1) is 11.3 Å². The summed E-state index contributed by atoms with van der Waals surface area (Å²) in [7, 11) is 0. The van der Waals surface area contributed by atoms with Crippen molar-refractivity contribution in [3.63, 3.8) is 0 Å². The molecule has 6 heteroatoms. The van der Waals surface area contributed by atoms with E-state index in [1.54, 1.807) is 11.3 Å². The Hall–Kier alpha value is -6.63. The van der Waals surface area contributed by atoms with Gasteiger partial charge >= 0.3 is 0 Å². The summed E-state index contributed by atoms with van der Waals surface area (Å²) in [4.78, 5) is 15.8. The van der Waals surface area contributed by atoms with Gasteiger partial charge in [0.05, 0.1) is 16.7 Å². The maximum Gasteiger partial charge on any atom is 0.166 e. The Kier molecular flexibility index (Phi) is 6.05. The first-order valence-electron chi connectivity index (χ1n) is 16.9. The molecule has 0 aliphatic heterocycles. The molecule has 0 fully saturated rings. The minimum absolute atomic E-state index is 0.609. The first-order chi connectivity index (χ1) is 25.3. The van der Waals surface area contributed by atoms with E-state index in [1.165, 1.54) is 26.2 Å². The van der Waals surface area contributed by atoms with Crippen molar-refractivity contribution in [2.75, 3.05) is 0 Å². The molecule has 0 radical (unpaired) electrons. The van der Waals surface area contributed by atoms with Crippen molar-refractivity contribution in [1.29, 1.82) is 0 Å². The number of furan rings is 1. The minimum Gasteiger partial charge on any atom is -0.456 e. The SMILES string of the molecule is c1ccc(-n2c3ccccc3c3ccccc32)c(-c2nc(-c3ccc4oc5ccccc5c4c3)nc(-c3cccc4c3sc3ccccc34)n2)c1. The molecule has 0 atom stereocenters. The van der Waals surface area contributed by atoms with Crippen molar-refractivity contribution in [1.82, 2.24) is 19.5 Å². The number of hydrogen-bond donors (Lipinski definition) is 0. The third-order valence-electron chi connectivity index (χ3n) is 9.88. The molecule has 4 aromatic heterocycles. The number of nitrogens with zero attached hydrogens (tertiary/aromatic N) is 4. The number of aromatic nitrogens is 4. The van der Waals surface area contributed by atoms with Gasteiger partial charge in [-0.2, -0.15) is 0 Å². The second kappa shape index (κ2) is 10.9. The second-order valence-corrected chi connectivity index (χ2v) is 13.8. The smallest absolute Gasteiger partial charge is 0.166 e. The normalized spacial score (nSPS) is 11.9. The molecule has 0 saturated heterocycles. The Morgan fingerprint density at radius 1 is 0.431 bits per heavy atom. The number of para-hydroxylation sites is 4. The highest BCUT2D eigenvalue weighted by Gasteiger charge is 2.21. The standard InChI is InChI=1S/C45H26N4OS/c1-6-19-36-28(12-1)29-13-2-7-20-37(29)49(36)38-21-8-3-16-33(38)44-46-43(27-24-25-40-35(26-27)30-14-4-9-22-39(30)50-40)47-45(48-44)34-18-11-17-32-31-15-5-10-23-41(31)51-42(32)34/h1-26H. The fraction of sp³-hybridized carbons (Fsp3) is 0. The van der Waals surface area contributed by atoms with Crippen molar-refractivity contribution >= 4 is 75.3 Å². The van der Waals surface area contributed by atoms with E-state index in [0.717, 1.165) is 60.0 Å². The molecule has 0 N–H and O–H groups in total. The predicted octanol–water partition coefficient (Wildman–Crippen LogP) is 12.2. The summed E-state index contributed by atoms with van der Waals surface area (Å²) in [6, 6.07) is 54.9. The summed E-state index contributed by atoms with van der Waals surface area (Å²) in [6.45, 7) is 0. The van der Waals surface area contributed by atoms with Crippen molar-refractivity contribution in [3.8, 4) is 39.9 Å². The summed E-state index contributed by atoms with van der Waals surface area (Å²) < 4.78 is 10.9. The molecular formula is C45H26N4OS. The van der Waals surface area contributed by atoms with Crippen molar-refractivity contribution in [3.05, 3.63) is 158 Å². The van der Waals surface area contributed by atoms with Gasteiger partial charge in [0.15, 0.2) is 17.5 Å². The van der Waals surface area contributed by atoms with Crippen LogP contribution in [0.25, 0.3) is 104 Å². The van der Waals surface area contributed by atoms with E-state index in [4.69, 9.17) is 19.4 Å². The highest BCUT2D eigenvalue weighted by Crippen LogP contribution is 2.41. The second-order valence-electron chi connectivity index (χ2n) is 12.8. The van der Waals surface area contributed by atoms with Crippen LogP contribution in [0.1, 0.15) is 0 Å². The average Bonchev–Trinajstić information content (AvgIpc) is 3.87. The van der Waals surface area contributed by atoms with Crippen LogP contribution in [0, 0.1) is 0 Å². The lowest BCUT2D eigenvalue weighted by Crippen LogP contribution is -2.03. The lowest BCUT2D eigenvalue weighted by molar-refractivity contribution is 0.669. The van der Waals surface area contributed by atoms with E-state index in [0.29, 0.717) is 17.5 Å². The average molecular weight is 671 g/mol. The highest BCUT2D eigenvalue weighted by molar-refractivity contribution is 7.26. The van der Waals surface area contributed by atoms with Gasteiger partial charge in [-0.1, -0.05) is 97.1 Å². The topological polar surface area (TPSA) is 56.7 Å². The Balaban J connectivity index is 1.20. The first kappa shape index (κ1) is 28.2. The number of thiophene rings is 1. The molecule has 0 saturated carbocycles. The van der Waals surface area contributed by atoms with Gasteiger partial charge in [-0.3, -0.25) is 0 Å². The zero-order valence-electron chi connectivity index (χ0n) is 27.1. The summed E-state index contributed by atoms with van der Waals surface area (Å²) in [5, 5.41) is 6.95. The quantitative estimate of drug-likeness (QED) is 0.187. The predicted molar refractivity (Wildman–Crippen MR) is 211 cm³/mol. The Morgan fingerprint density at radius 3 is 1.84 bits per heavy atom. The zero-order valence-corrected chi connectivity index (χ0v) is 27.9. The largest absolute Gasteiger partial charge is 0.456 e. The van der Waals surface area contributed by atoms with E-state index in [-0.39, 0.29) is 0 Å². The molecule has 11 rings (SSSR count). The molecule has 0 aliphatic carbocycles. The van der Waals surface area contributed by atoms with E-state index in [1.807, 2.05) is 30.3 Å². The van der Waals surface area contributed by atoms with Crippen LogP contribution in [0.3, 0.4) is 0 Å². The Labute approximate surface area is 295 Å². The van der Waals surface area contributed by atoms with Gasteiger partial charge in [0.1, 0.15) is 11.2 Å². The third-order valence-corrected chi connectivity index (χ3v) is 11.1. The van der Waals surface area contributed by atoms with E-state index in [2.05, 4.69) is 132 Å². The number of fused-ring (bicyclic) bond motifs is 9. The molecule has 7 aromatic carbocycles. The maximum absolute atomic E-state index is 6.18. The summed E-state index contributed by atoms with van der Waals surface area (Å²) in [5.74, 6) is 1.86. The van der Waals surface area contributed by atoms with Gasteiger partial charge < -0.3 is 8.98 Å². The van der Waals surface area contributed by atoms with Gasteiger partial charge in [-0.25, -0.2) is 15.0 Å². The molecule has 0 bridgehead atoms. The van der Waals surface area contributed by atoms with Crippen molar-refractivity contribution < 1.29 is 4.42 Å². The van der Waals surface area contributed by atoms with Crippen LogP contribution >= 0.6 is 11.3 Å². The molecule has 0 amide bonds. The molecular weight excluding hydrogens is 645 g/mol. The Morgan fingerprint density at radius 2 is 1.02 bits per heavy atom. The molecule has 51 heavy (non-hydrogen) atoms. The summed E-state index contributed by atoms with van der Waals surface area (Å²) in [6.07, 6.45) is 0. The van der Waals surface area contributed by atoms with E-state index < -0.39 is 0 Å². The van der Waals surface area contributed by atoms with Crippen LogP contribution < -0.4 is 0 Å². The fourth-order valence-electron chi connectivity index (χ4n) is 7.57. The summed E-state index contributed by atoms with van der Waals surface area (Å²) >= 11 is 1.78. The third kappa shape index (κ3) is 4.30. The molecule has 4 heterocycles. The lowest BCUT2D eigenvalue weighted by Gasteiger charge is -2.14. The van der Waals surface area contributed by atoms with Crippen molar-refractivity contribution in [2.24, 2.45) is 0 Å². The van der Waals surface area contributed by atoms with Gasteiger partial charge in [0, 0.05) is 58.4 Å². The molecule has 0 unspecified atom stereocenters. The molecule has 238 valence electrons. The first-order valence-corrected chi connectivity index (χ1v) is 17.8. The highest BCUT2D eigenvalue weighted by atomic mass is 32.1. The van der Waals surface area contributed by atoms with E-state index in [9.17, 15) is 0 Å². The van der Waals surface area contributed by atoms with E-state index >= 15 is 0 Å². The van der Waals surface area contributed by atoms with Gasteiger partial charge in [-0.05, 0) is 60.7 Å². The lowest BCUT2D eigenvalue weighted by atomic mass is 10.1. The maximum atomic E-state index is 6.18. The molecule has 0 spiro atoms. The minimum atomic E-state index is 0.609. The van der Waals surface area contributed by atoms with Crippen LogP contribution in [0.2, 0.25) is 0 Å². The fourth-order valence-corrected chi connectivity index (χ4v) is 8.79. The van der Waals surface area contributed by atoms with Crippen LogP contribution in [-0.4, -0.2) is 19.5 Å². The van der Waals surface area contributed by atoms with Crippen molar-refractivity contribution in [2.45, 2.75) is 0 Å². The Bertz CT molecular complexity index is 3120. The zero-order chi connectivity index (χ0) is 33.5. The van der Waals surface area contributed by atoms with Crippen LogP contribution in [0.4, 0.5) is 0 Å². The van der Waals surface area contributed by atoms with Crippen LogP contribution in [0.5, 0.6) is 0 Å². The summed E-state index contributed by atoms with van der Waals surface area (Å²) in [5.41, 5.74) is 7.78. The van der Waals surface area contributed by atoms with Gasteiger partial charge in [0.25, 0.3) is 0 Å². The molecule has 11 aromatic rings. The molecule has 5 nitrogen and oxygen atoms in total. The van der Waals surface area contributed by atoms with Crippen LogP contribution in [-0.2, 0) is 0 Å². The number of rotatable bonds is 4.